The highest BCUT2D eigenvalue weighted by Crippen LogP contribution is 2.19. The van der Waals surface area contributed by atoms with Crippen molar-refractivity contribution in [1.82, 2.24) is 20.1 Å². The monoisotopic (exact) mass is 255 g/mol. The van der Waals surface area contributed by atoms with Crippen LogP contribution in [0, 0.1) is 0 Å². The molecule has 1 fully saturated rings. The molecule has 1 aromatic heterocycles. The van der Waals surface area contributed by atoms with Gasteiger partial charge < -0.3 is 20.9 Å². The van der Waals surface area contributed by atoms with Crippen LogP contribution in [0.1, 0.15) is 12.8 Å². The second-order valence-corrected chi connectivity index (χ2v) is 4.41. The van der Waals surface area contributed by atoms with E-state index >= 15 is 0 Å². The van der Waals surface area contributed by atoms with Gasteiger partial charge >= 0.3 is 0 Å². The lowest BCUT2D eigenvalue weighted by atomic mass is 9.94. The number of aromatic nitrogens is 3. The van der Waals surface area contributed by atoms with Crippen molar-refractivity contribution >= 4 is 11.9 Å². The Morgan fingerprint density at radius 1 is 1.61 bits per heavy atom. The fourth-order valence-corrected chi connectivity index (χ4v) is 1.78. The van der Waals surface area contributed by atoms with Crippen molar-refractivity contribution in [3.63, 3.8) is 0 Å². The minimum atomic E-state index is -0.866. The van der Waals surface area contributed by atoms with Crippen LogP contribution in [0.15, 0.2) is 6.33 Å². The van der Waals surface area contributed by atoms with Crippen molar-refractivity contribution < 1.29 is 14.6 Å². The van der Waals surface area contributed by atoms with E-state index < -0.39 is 5.60 Å². The number of nitrogens with two attached hydrogens (primary N) is 1. The first-order valence-corrected chi connectivity index (χ1v) is 5.79. The third kappa shape index (κ3) is 3.41. The van der Waals surface area contributed by atoms with Gasteiger partial charge in [0.25, 0.3) is 0 Å². The summed E-state index contributed by atoms with van der Waals surface area (Å²) < 4.78 is 6.51. The Morgan fingerprint density at radius 3 is 2.94 bits per heavy atom. The van der Waals surface area contributed by atoms with Gasteiger partial charge in [-0.25, -0.2) is 9.67 Å². The SMILES string of the molecule is Nc1ncn(CC(=O)NCC2(O)CCOCC2)n1. The standard InChI is InChI=1S/C10H17N5O3/c11-9-13-7-15(14-9)5-8(16)12-6-10(17)1-3-18-4-2-10/h7,17H,1-6H2,(H2,11,14)(H,12,16). The normalized spacial score (nSPS) is 18.5. The van der Waals surface area contributed by atoms with Crippen LogP contribution in [-0.4, -0.2) is 51.1 Å². The highest BCUT2D eigenvalue weighted by Gasteiger charge is 2.30. The molecule has 0 aromatic carbocycles. The molecule has 4 N–H and O–H groups in total. The molecule has 100 valence electrons. The van der Waals surface area contributed by atoms with Gasteiger partial charge in [0.05, 0.1) is 5.60 Å². The molecule has 0 radical (unpaired) electrons. The summed E-state index contributed by atoms with van der Waals surface area (Å²) in [7, 11) is 0. The van der Waals surface area contributed by atoms with E-state index in [-0.39, 0.29) is 24.9 Å². The minimum Gasteiger partial charge on any atom is -0.388 e. The molecule has 0 bridgehead atoms. The third-order valence-corrected chi connectivity index (χ3v) is 2.90. The molecule has 0 spiro atoms. The van der Waals surface area contributed by atoms with Crippen LogP contribution >= 0.6 is 0 Å². The number of carbonyl (C=O) groups excluding carboxylic acids is 1. The number of rotatable bonds is 4. The molecule has 8 nitrogen and oxygen atoms in total. The van der Waals surface area contributed by atoms with Gasteiger partial charge in [0.1, 0.15) is 12.9 Å². The molecule has 1 aliphatic rings. The van der Waals surface area contributed by atoms with Gasteiger partial charge in [0.15, 0.2) is 0 Å². The summed E-state index contributed by atoms with van der Waals surface area (Å²) >= 11 is 0. The van der Waals surface area contributed by atoms with E-state index in [2.05, 4.69) is 15.4 Å². The number of nitrogens with one attached hydrogen (secondary N) is 1. The Balaban J connectivity index is 1.77. The van der Waals surface area contributed by atoms with E-state index in [1.54, 1.807) is 0 Å². The second-order valence-electron chi connectivity index (χ2n) is 4.41. The van der Waals surface area contributed by atoms with E-state index in [4.69, 9.17) is 10.5 Å². The Labute approximate surface area is 104 Å². The number of amides is 1. The number of hydrogen-bond donors (Lipinski definition) is 3. The molecule has 0 atom stereocenters. The number of ether oxygens (including phenoxy) is 1. The second kappa shape index (κ2) is 5.32. The molecule has 2 rings (SSSR count). The van der Waals surface area contributed by atoms with E-state index in [0.717, 1.165) is 0 Å². The van der Waals surface area contributed by atoms with Gasteiger partial charge in [-0.05, 0) is 0 Å². The summed E-state index contributed by atoms with van der Waals surface area (Å²) in [6, 6.07) is 0. The maximum atomic E-state index is 11.6. The molecule has 2 heterocycles. The molecule has 1 aliphatic heterocycles. The van der Waals surface area contributed by atoms with E-state index in [0.29, 0.717) is 26.1 Å². The number of anilines is 1. The predicted molar refractivity (Wildman–Crippen MR) is 62.4 cm³/mol. The Kier molecular flexibility index (Phi) is 3.78. The maximum absolute atomic E-state index is 11.6. The van der Waals surface area contributed by atoms with Gasteiger partial charge in [-0.3, -0.25) is 4.79 Å². The average molecular weight is 255 g/mol. The fourth-order valence-electron chi connectivity index (χ4n) is 1.78. The predicted octanol–water partition coefficient (Wildman–Crippen LogP) is -1.48. The summed E-state index contributed by atoms with van der Waals surface area (Å²) in [6.07, 6.45) is 2.45. The van der Waals surface area contributed by atoms with Crippen molar-refractivity contribution in [2.45, 2.75) is 25.0 Å². The molecule has 0 unspecified atom stereocenters. The van der Waals surface area contributed by atoms with Gasteiger partial charge in [-0.15, -0.1) is 5.10 Å². The van der Waals surface area contributed by atoms with Gasteiger partial charge in [-0.2, -0.15) is 0 Å². The first-order chi connectivity index (χ1) is 8.57. The van der Waals surface area contributed by atoms with Crippen LogP contribution in [0.2, 0.25) is 0 Å². The lowest BCUT2D eigenvalue weighted by molar-refractivity contribution is -0.124. The van der Waals surface area contributed by atoms with Crippen molar-refractivity contribution in [3.05, 3.63) is 6.33 Å². The summed E-state index contributed by atoms with van der Waals surface area (Å²) in [4.78, 5) is 15.3. The molecule has 0 saturated carbocycles. The largest absolute Gasteiger partial charge is 0.388 e. The lowest BCUT2D eigenvalue weighted by Gasteiger charge is -2.32. The van der Waals surface area contributed by atoms with Gasteiger partial charge in [0, 0.05) is 32.6 Å². The zero-order valence-electron chi connectivity index (χ0n) is 10.0. The zero-order valence-corrected chi connectivity index (χ0v) is 10.0. The molecule has 1 aromatic rings. The van der Waals surface area contributed by atoms with Crippen LogP contribution < -0.4 is 11.1 Å². The topological polar surface area (TPSA) is 115 Å². The maximum Gasteiger partial charge on any atom is 0.241 e. The quantitative estimate of drug-likeness (QED) is 0.604. The molecule has 0 aliphatic carbocycles. The smallest absolute Gasteiger partial charge is 0.241 e. The van der Waals surface area contributed by atoms with Crippen LogP contribution in [0.25, 0.3) is 0 Å². The third-order valence-electron chi connectivity index (χ3n) is 2.90. The van der Waals surface area contributed by atoms with E-state index in [1.807, 2.05) is 0 Å². The first kappa shape index (κ1) is 12.8. The number of nitrogens with zero attached hydrogens (tertiary/aromatic N) is 3. The van der Waals surface area contributed by atoms with Gasteiger partial charge in [0.2, 0.25) is 11.9 Å². The molecular formula is C10H17N5O3. The Hall–Kier alpha value is -1.67. The molecular weight excluding hydrogens is 238 g/mol. The highest BCUT2D eigenvalue weighted by atomic mass is 16.5. The van der Waals surface area contributed by atoms with Crippen molar-refractivity contribution in [1.29, 1.82) is 0 Å². The van der Waals surface area contributed by atoms with Crippen molar-refractivity contribution in [2.75, 3.05) is 25.5 Å². The van der Waals surface area contributed by atoms with Crippen molar-refractivity contribution in [2.24, 2.45) is 0 Å². The summed E-state index contributed by atoms with van der Waals surface area (Å²) in [5, 5.41) is 16.6. The minimum absolute atomic E-state index is 0.0385. The van der Waals surface area contributed by atoms with Crippen LogP contribution in [0.4, 0.5) is 5.95 Å². The molecule has 18 heavy (non-hydrogen) atoms. The average Bonchev–Trinajstić information content (AvgIpc) is 2.73. The molecule has 1 amide bonds. The Bertz CT molecular complexity index is 413. The lowest BCUT2D eigenvalue weighted by Crippen LogP contribution is -2.47. The highest BCUT2D eigenvalue weighted by molar-refractivity contribution is 5.75. The van der Waals surface area contributed by atoms with Crippen molar-refractivity contribution in [3.8, 4) is 0 Å². The number of nitrogen functional groups attached to an aromatic ring is 1. The number of hydrogen-bond acceptors (Lipinski definition) is 6. The molecule has 1 saturated heterocycles. The van der Waals surface area contributed by atoms with Crippen LogP contribution in [0.3, 0.4) is 0 Å². The van der Waals surface area contributed by atoms with Crippen LogP contribution in [0.5, 0.6) is 0 Å². The van der Waals surface area contributed by atoms with Gasteiger partial charge in [-0.1, -0.05) is 0 Å². The number of aliphatic hydroxyl groups is 1. The van der Waals surface area contributed by atoms with E-state index in [9.17, 15) is 9.90 Å². The molecule has 8 heteroatoms. The number of carbonyl (C=O) groups is 1. The first-order valence-electron chi connectivity index (χ1n) is 5.79. The van der Waals surface area contributed by atoms with E-state index in [1.165, 1.54) is 11.0 Å². The fraction of sp³-hybridized carbons (Fsp3) is 0.700. The summed E-state index contributed by atoms with van der Waals surface area (Å²) in [5.74, 6) is -0.106. The van der Waals surface area contributed by atoms with Crippen LogP contribution in [-0.2, 0) is 16.1 Å². The summed E-state index contributed by atoms with van der Waals surface area (Å²) in [5.41, 5.74) is 4.47. The zero-order chi connectivity index (χ0) is 13.0. The Morgan fingerprint density at radius 2 is 2.33 bits per heavy atom. The summed E-state index contributed by atoms with van der Waals surface area (Å²) in [6.45, 7) is 1.30.